The van der Waals surface area contributed by atoms with Crippen LogP contribution in [0.5, 0.6) is 0 Å². The first kappa shape index (κ1) is 22.3. The molecule has 0 saturated carbocycles. The highest BCUT2D eigenvalue weighted by molar-refractivity contribution is 5.90. The third kappa shape index (κ3) is 4.51. The van der Waals surface area contributed by atoms with Crippen LogP contribution < -0.4 is 0 Å². The molecule has 0 saturated heterocycles. The maximum absolute atomic E-state index is 14.3. The van der Waals surface area contributed by atoms with E-state index in [2.05, 4.69) is 14.9 Å². The molecule has 6 nitrogen and oxygen atoms in total. The fraction of sp³-hybridized carbons (Fsp3) is 0.160. The summed E-state index contributed by atoms with van der Waals surface area (Å²) in [4.78, 5) is 16.0. The topological polar surface area (TPSA) is 74.5 Å². The summed E-state index contributed by atoms with van der Waals surface area (Å²) < 4.78 is 43.1. The Morgan fingerprint density at radius 3 is 2.42 bits per heavy atom. The normalized spacial score (nSPS) is 10.9. The number of methoxy groups -OCH3 is 2. The van der Waals surface area contributed by atoms with Crippen molar-refractivity contribution < 1.29 is 27.6 Å². The molecule has 0 aliphatic heterocycles. The lowest BCUT2D eigenvalue weighted by Crippen LogP contribution is -2.04. The lowest BCUT2D eigenvalue weighted by molar-refractivity contribution is 0.0595. The quantitative estimate of drug-likeness (QED) is 0.357. The fourth-order valence-corrected chi connectivity index (χ4v) is 3.58. The van der Waals surface area contributed by atoms with E-state index in [1.54, 1.807) is 13.2 Å². The second kappa shape index (κ2) is 9.30. The smallest absolute Gasteiger partial charge is 0.340 e. The van der Waals surface area contributed by atoms with Crippen LogP contribution in [0.3, 0.4) is 0 Å². The Kier molecular flexibility index (Phi) is 6.28. The van der Waals surface area contributed by atoms with Gasteiger partial charge < -0.3 is 14.0 Å². The van der Waals surface area contributed by atoms with E-state index in [1.165, 1.54) is 31.4 Å². The maximum atomic E-state index is 14.3. The van der Waals surface area contributed by atoms with Crippen LogP contribution in [0.15, 0.2) is 59.1 Å². The molecular weight excluding hydrogens is 430 g/mol. The van der Waals surface area contributed by atoms with Gasteiger partial charge in [-0.05, 0) is 71.6 Å². The van der Waals surface area contributed by atoms with Crippen molar-refractivity contribution in [2.24, 2.45) is 0 Å². The van der Waals surface area contributed by atoms with Crippen LogP contribution in [0.4, 0.5) is 8.78 Å². The predicted octanol–water partition coefficient (Wildman–Crippen LogP) is 5.59. The average molecular weight is 450 g/mol. The van der Waals surface area contributed by atoms with Crippen LogP contribution in [-0.2, 0) is 16.1 Å². The SMILES string of the molecule is COCc1cc(-c2nc(-c3ccc(C(=O)OC)c(F)c3)no2)ccc1-c1ccc(F)cc1C. The Morgan fingerprint density at radius 2 is 1.73 bits per heavy atom. The molecule has 0 spiro atoms. The molecular formula is C25H20F2N2O4. The summed E-state index contributed by atoms with van der Waals surface area (Å²) in [7, 11) is 2.77. The summed E-state index contributed by atoms with van der Waals surface area (Å²) in [6, 6.07) is 14.2. The molecule has 0 radical (unpaired) electrons. The van der Waals surface area contributed by atoms with Crippen LogP contribution in [0.2, 0.25) is 0 Å². The number of aryl methyl sites for hydroxylation is 1. The summed E-state index contributed by atoms with van der Waals surface area (Å²) in [5.74, 6) is -1.40. The number of hydrogen-bond donors (Lipinski definition) is 0. The molecule has 0 N–H and O–H groups in total. The number of esters is 1. The average Bonchev–Trinajstić information content (AvgIpc) is 3.29. The van der Waals surface area contributed by atoms with Gasteiger partial charge in [0.05, 0.1) is 19.3 Å². The van der Waals surface area contributed by atoms with Gasteiger partial charge in [-0.25, -0.2) is 13.6 Å². The van der Waals surface area contributed by atoms with E-state index in [0.29, 0.717) is 17.7 Å². The van der Waals surface area contributed by atoms with E-state index in [-0.39, 0.29) is 23.1 Å². The van der Waals surface area contributed by atoms with Gasteiger partial charge in [-0.2, -0.15) is 4.98 Å². The summed E-state index contributed by atoms with van der Waals surface area (Å²) >= 11 is 0. The Morgan fingerprint density at radius 1 is 0.970 bits per heavy atom. The highest BCUT2D eigenvalue weighted by Crippen LogP contribution is 2.32. The van der Waals surface area contributed by atoms with Gasteiger partial charge in [0.1, 0.15) is 11.6 Å². The zero-order valence-electron chi connectivity index (χ0n) is 18.2. The molecule has 1 heterocycles. The van der Waals surface area contributed by atoms with Crippen LogP contribution in [0, 0.1) is 18.6 Å². The van der Waals surface area contributed by atoms with E-state index < -0.39 is 11.8 Å². The third-order valence-electron chi connectivity index (χ3n) is 5.19. The molecule has 0 unspecified atom stereocenters. The monoisotopic (exact) mass is 450 g/mol. The molecule has 168 valence electrons. The second-order valence-electron chi connectivity index (χ2n) is 7.37. The van der Waals surface area contributed by atoms with Gasteiger partial charge in [-0.3, -0.25) is 0 Å². The standard InChI is InChI=1S/C25H20F2N2O4/c1-14-10-18(26)6-9-19(14)20-7-5-16(11-17(20)13-31-2)24-28-23(29-33-24)15-4-8-21(22(27)12-15)25(30)32-3/h4-12H,13H2,1-3H3. The number of ether oxygens (including phenoxy) is 2. The summed E-state index contributed by atoms with van der Waals surface area (Å²) in [6.45, 7) is 2.17. The van der Waals surface area contributed by atoms with E-state index in [9.17, 15) is 13.6 Å². The van der Waals surface area contributed by atoms with Crippen molar-refractivity contribution in [1.82, 2.24) is 10.1 Å². The number of benzene rings is 3. The van der Waals surface area contributed by atoms with Crippen molar-refractivity contribution in [3.8, 4) is 34.0 Å². The zero-order valence-corrected chi connectivity index (χ0v) is 18.2. The number of aromatic nitrogens is 2. The molecule has 4 rings (SSSR count). The van der Waals surface area contributed by atoms with Crippen molar-refractivity contribution in [1.29, 1.82) is 0 Å². The molecule has 0 amide bonds. The first-order valence-corrected chi connectivity index (χ1v) is 10.0. The van der Waals surface area contributed by atoms with E-state index >= 15 is 0 Å². The predicted molar refractivity (Wildman–Crippen MR) is 117 cm³/mol. The largest absolute Gasteiger partial charge is 0.465 e. The van der Waals surface area contributed by atoms with Crippen LogP contribution in [0.25, 0.3) is 34.0 Å². The summed E-state index contributed by atoms with van der Waals surface area (Å²) in [5.41, 5.74) is 4.28. The molecule has 3 aromatic carbocycles. The Balaban J connectivity index is 1.69. The number of rotatable bonds is 6. The molecule has 0 atom stereocenters. The Labute approximate surface area is 188 Å². The number of carbonyl (C=O) groups excluding carboxylic acids is 1. The minimum Gasteiger partial charge on any atom is -0.465 e. The van der Waals surface area contributed by atoms with Gasteiger partial charge in [0.2, 0.25) is 5.82 Å². The fourth-order valence-electron chi connectivity index (χ4n) is 3.58. The molecule has 1 aromatic heterocycles. The summed E-state index contributed by atoms with van der Waals surface area (Å²) in [6.07, 6.45) is 0. The van der Waals surface area contributed by atoms with E-state index in [4.69, 9.17) is 9.26 Å². The van der Waals surface area contributed by atoms with Gasteiger partial charge in [-0.1, -0.05) is 17.3 Å². The van der Waals surface area contributed by atoms with Crippen molar-refractivity contribution in [2.45, 2.75) is 13.5 Å². The maximum Gasteiger partial charge on any atom is 0.340 e. The first-order valence-electron chi connectivity index (χ1n) is 10.0. The van der Waals surface area contributed by atoms with Crippen LogP contribution in [0.1, 0.15) is 21.5 Å². The summed E-state index contributed by atoms with van der Waals surface area (Å²) in [5, 5.41) is 3.94. The molecule has 8 heteroatoms. The Bertz CT molecular complexity index is 1330. The number of hydrogen-bond acceptors (Lipinski definition) is 6. The van der Waals surface area contributed by atoms with Gasteiger partial charge >= 0.3 is 5.97 Å². The zero-order chi connectivity index (χ0) is 23.5. The lowest BCUT2D eigenvalue weighted by Gasteiger charge is -2.13. The van der Waals surface area contributed by atoms with Gasteiger partial charge in [0, 0.05) is 18.2 Å². The minimum atomic E-state index is -0.769. The minimum absolute atomic E-state index is 0.173. The highest BCUT2D eigenvalue weighted by Gasteiger charge is 2.17. The Hall–Kier alpha value is -3.91. The third-order valence-corrected chi connectivity index (χ3v) is 5.19. The van der Waals surface area contributed by atoms with Gasteiger partial charge in [-0.15, -0.1) is 0 Å². The van der Waals surface area contributed by atoms with Crippen molar-refractivity contribution in [3.05, 3.63) is 82.9 Å². The lowest BCUT2D eigenvalue weighted by atomic mass is 9.94. The number of nitrogens with zero attached hydrogens (tertiary/aromatic N) is 2. The van der Waals surface area contributed by atoms with Crippen molar-refractivity contribution in [3.63, 3.8) is 0 Å². The molecule has 0 bridgehead atoms. The van der Waals surface area contributed by atoms with Crippen LogP contribution in [-0.4, -0.2) is 30.3 Å². The molecule has 33 heavy (non-hydrogen) atoms. The van der Waals surface area contributed by atoms with Crippen molar-refractivity contribution >= 4 is 5.97 Å². The highest BCUT2D eigenvalue weighted by atomic mass is 19.1. The molecule has 4 aromatic rings. The number of halogens is 2. The van der Waals surface area contributed by atoms with Gasteiger partial charge in [0.15, 0.2) is 0 Å². The first-order chi connectivity index (χ1) is 15.9. The van der Waals surface area contributed by atoms with Crippen LogP contribution >= 0.6 is 0 Å². The second-order valence-corrected chi connectivity index (χ2v) is 7.37. The van der Waals surface area contributed by atoms with Gasteiger partial charge in [0.25, 0.3) is 5.89 Å². The van der Waals surface area contributed by atoms with Crippen molar-refractivity contribution in [2.75, 3.05) is 14.2 Å². The number of carbonyl (C=O) groups is 1. The molecule has 0 fully saturated rings. The molecule has 0 aliphatic rings. The van der Waals surface area contributed by atoms with E-state index in [1.807, 2.05) is 25.1 Å². The van der Waals surface area contributed by atoms with E-state index in [0.717, 1.165) is 28.3 Å². The molecule has 0 aliphatic carbocycles.